The molecule has 8 rings (SSSR count). The quantitative estimate of drug-likeness (QED) is 0.681. The normalized spacial score (nSPS) is 48.6. The van der Waals surface area contributed by atoms with Crippen LogP contribution in [0.3, 0.4) is 0 Å². The number of phenols is 1. The Labute approximate surface area is 209 Å². The van der Waals surface area contributed by atoms with Crippen LogP contribution in [0.2, 0.25) is 0 Å². The molecule has 5 fully saturated rings. The minimum Gasteiger partial charge on any atom is -0.504 e. The van der Waals surface area contributed by atoms with Crippen LogP contribution in [0, 0.1) is 22.7 Å². The highest BCUT2D eigenvalue weighted by molar-refractivity contribution is 5.63. The Bertz CT molecular complexity index is 1220. The zero-order chi connectivity index (χ0) is 27.5. The fraction of sp³-hybridized carbons (Fsp3) is 0.793. The van der Waals surface area contributed by atoms with Gasteiger partial charge in [0, 0.05) is 47.5 Å². The monoisotopic (exact) mass is 471 g/mol. The largest absolute Gasteiger partial charge is 0.504 e. The van der Waals surface area contributed by atoms with Crippen molar-refractivity contribution in [3.05, 3.63) is 23.3 Å². The first-order valence-corrected chi connectivity index (χ1v) is 13.1. The first-order chi connectivity index (χ1) is 17.5. The highest BCUT2D eigenvalue weighted by Gasteiger charge is 2.82. The molecule has 5 aliphatic carbocycles. The molecule has 186 valence electrons. The molecule has 2 heterocycles. The molecule has 5 heteroatoms. The molecular weight excluding hydrogens is 426 g/mol. The summed E-state index contributed by atoms with van der Waals surface area (Å²) in [6.45, 7) is 9.29. The number of phenolic OH excluding ortho intramolecular Hbond substituents is 1. The predicted molar refractivity (Wildman–Crippen MR) is 130 cm³/mol. The molecule has 1 saturated heterocycles. The van der Waals surface area contributed by atoms with Gasteiger partial charge in [0.15, 0.2) is 11.5 Å². The van der Waals surface area contributed by atoms with E-state index in [0.717, 1.165) is 44.2 Å². The Balaban J connectivity index is 1.42. The molecule has 1 aromatic carbocycles. The molecule has 7 aliphatic rings. The van der Waals surface area contributed by atoms with E-state index >= 15 is 0 Å². The summed E-state index contributed by atoms with van der Waals surface area (Å²) < 4.78 is 46.4. The lowest BCUT2D eigenvalue weighted by molar-refractivity contribution is -0.312. The van der Waals surface area contributed by atoms with Gasteiger partial charge in [0.05, 0.1) is 5.60 Å². The van der Waals surface area contributed by atoms with Crippen LogP contribution in [-0.2, 0) is 16.6 Å². The van der Waals surface area contributed by atoms with Crippen molar-refractivity contribution >= 4 is 0 Å². The average Bonchev–Trinajstić information content (AvgIpc) is 3.08. The van der Waals surface area contributed by atoms with Gasteiger partial charge in [0.1, 0.15) is 11.7 Å². The fourth-order valence-electron chi connectivity index (χ4n) is 9.33. The summed E-state index contributed by atoms with van der Waals surface area (Å²) in [5, 5.41) is 23.2. The Morgan fingerprint density at radius 1 is 1.21 bits per heavy atom. The summed E-state index contributed by atoms with van der Waals surface area (Å²) in [6, 6.07) is 3.82. The third-order valence-corrected chi connectivity index (χ3v) is 11.4. The molecule has 0 unspecified atom stereocenters. The Morgan fingerprint density at radius 3 is 2.65 bits per heavy atom. The van der Waals surface area contributed by atoms with Crippen LogP contribution in [0.4, 0.5) is 0 Å². The molecule has 34 heavy (non-hydrogen) atoms. The second kappa shape index (κ2) is 6.33. The van der Waals surface area contributed by atoms with Gasteiger partial charge in [-0.2, -0.15) is 0 Å². The number of benzene rings is 1. The van der Waals surface area contributed by atoms with E-state index in [1.54, 1.807) is 13.2 Å². The highest BCUT2D eigenvalue weighted by Crippen LogP contribution is 2.78. The van der Waals surface area contributed by atoms with Crippen molar-refractivity contribution in [3.8, 4) is 11.5 Å². The molecular formula is C29H41NO4. The number of aromatic hydroxyl groups is 1. The van der Waals surface area contributed by atoms with Gasteiger partial charge < -0.3 is 19.7 Å². The van der Waals surface area contributed by atoms with Crippen LogP contribution in [0.5, 0.6) is 11.5 Å². The van der Waals surface area contributed by atoms with Crippen LogP contribution in [0.25, 0.3) is 0 Å². The number of hydrogen-bond acceptors (Lipinski definition) is 5. The number of rotatable bonds is 4. The maximum atomic E-state index is 12.2. The molecule has 4 saturated carbocycles. The van der Waals surface area contributed by atoms with Crippen molar-refractivity contribution in [2.45, 2.75) is 101 Å². The number of aliphatic hydroxyl groups is 1. The molecule has 0 amide bonds. The van der Waals surface area contributed by atoms with E-state index in [9.17, 15) is 10.2 Å². The van der Waals surface area contributed by atoms with Crippen molar-refractivity contribution in [3.63, 3.8) is 0 Å². The van der Waals surface area contributed by atoms with E-state index in [-0.39, 0.29) is 34.6 Å². The number of nitrogens with zero attached hydrogens (tertiary/aromatic N) is 1. The zero-order valence-electron chi connectivity index (χ0n) is 25.1. The van der Waals surface area contributed by atoms with Gasteiger partial charge in [-0.05, 0) is 81.3 Å². The van der Waals surface area contributed by atoms with E-state index in [2.05, 4.69) is 25.7 Å². The van der Waals surface area contributed by atoms with Crippen molar-refractivity contribution < 1.29 is 25.2 Å². The smallest absolute Gasteiger partial charge is 0.165 e. The molecule has 4 bridgehead atoms. The molecule has 2 N–H and O–H groups in total. The van der Waals surface area contributed by atoms with E-state index in [1.165, 1.54) is 5.56 Å². The Morgan fingerprint density at radius 2 is 1.97 bits per heavy atom. The maximum absolute atomic E-state index is 12.2. The van der Waals surface area contributed by atoms with Gasteiger partial charge in [-0.25, -0.2) is 0 Å². The van der Waals surface area contributed by atoms with Crippen molar-refractivity contribution in [2.24, 2.45) is 22.7 Å². The minimum atomic E-state index is -1.81. The van der Waals surface area contributed by atoms with Crippen LogP contribution >= 0.6 is 0 Å². The molecule has 7 atom stereocenters. The summed E-state index contributed by atoms with van der Waals surface area (Å²) in [4.78, 5) is 2.37. The van der Waals surface area contributed by atoms with Crippen molar-refractivity contribution in [1.29, 1.82) is 0 Å². The molecule has 2 spiro atoms. The van der Waals surface area contributed by atoms with E-state index in [0.29, 0.717) is 12.3 Å². The zero-order valence-corrected chi connectivity index (χ0v) is 21.1. The van der Waals surface area contributed by atoms with Crippen molar-refractivity contribution in [1.82, 2.24) is 4.90 Å². The Kier molecular flexibility index (Phi) is 3.36. The van der Waals surface area contributed by atoms with Gasteiger partial charge in [0.2, 0.25) is 0 Å². The van der Waals surface area contributed by atoms with Crippen LogP contribution < -0.4 is 4.74 Å². The number of ether oxygens (including phenoxy) is 2. The van der Waals surface area contributed by atoms with E-state index < -0.39 is 35.3 Å². The molecule has 1 aromatic rings. The molecule has 0 radical (unpaired) electrons. The third kappa shape index (κ3) is 2.25. The number of likely N-dealkylation sites (tertiary alicyclic amines) is 1. The minimum absolute atomic E-state index is 0.0750. The van der Waals surface area contributed by atoms with Crippen molar-refractivity contribution in [2.75, 3.05) is 20.2 Å². The van der Waals surface area contributed by atoms with Crippen LogP contribution in [0.15, 0.2) is 12.1 Å². The summed E-state index contributed by atoms with van der Waals surface area (Å²) >= 11 is 0. The number of methoxy groups -OCH3 is 1. The summed E-state index contributed by atoms with van der Waals surface area (Å²) in [5.74, 6) is -0.108. The van der Waals surface area contributed by atoms with Crippen LogP contribution in [-0.4, -0.2) is 58.7 Å². The SMILES string of the molecule is [2H]C1([2H])C(CN2CC[C@]34c5c6ccc(O)c5O[C@H]3[C@@]3(OC)CC[C@@]4(C[C@@H]3[C@](C)(O)C(C)(C)C)[C@H]2C6)C1([2H])[2H]. The lowest BCUT2D eigenvalue weighted by atomic mass is 9.33. The lowest BCUT2D eigenvalue weighted by Gasteiger charge is -2.75. The lowest BCUT2D eigenvalue weighted by Crippen LogP contribution is -2.83. The predicted octanol–water partition coefficient (Wildman–Crippen LogP) is 4.41. The topological polar surface area (TPSA) is 62.2 Å². The second-order valence-corrected chi connectivity index (χ2v) is 13.2. The average molecular weight is 472 g/mol. The third-order valence-electron chi connectivity index (χ3n) is 11.4. The van der Waals surface area contributed by atoms with Gasteiger partial charge in [-0.1, -0.05) is 26.8 Å². The molecule has 5 nitrogen and oxygen atoms in total. The van der Waals surface area contributed by atoms with E-state index in [1.807, 2.05) is 13.0 Å². The number of hydrogen-bond donors (Lipinski definition) is 2. The molecule has 0 aromatic heterocycles. The second-order valence-electron chi connectivity index (χ2n) is 13.2. The number of piperidine rings is 1. The van der Waals surface area contributed by atoms with Gasteiger partial charge in [-0.15, -0.1) is 0 Å². The van der Waals surface area contributed by atoms with Gasteiger partial charge in [0.25, 0.3) is 0 Å². The molecule has 2 aliphatic heterocycles. The standard InChI is InChI=1S/C29H41NO4/c1-25(2,3)26(4,32)20-15-27-10-11-29(20,33-5)24-28(27)12-13-30(16-17-6-7-17)21(27)14-18-8-9-19(31)23(34-24)22(18)28/h8-9,17,20-21,24,31-32H,6-7,10-16H2,1-5H3/t20-,21-,24-,26+,27-,28+,29-/m1/s1/i6D2,7D2. The fourth-order valence-corrected chi connectivity index (χ4v) is 9.33. The first-order valence-electron chi connectivity index (χ1n) is 15.1. The van der Waals surface area contributed by atoms with Gasteiger partial charge in [-0.3, -0.25) is 4.90 Å². The van der Waals surface area contributed by atoms with Crippen LogP contribution in [0.1, 0.15) is 82.7 Å². The summed E-state index contributed by atoms with van der Waals surface area (Å²) in [5.41, 5.74) is -0.495. The Hall–Kier alpha value is -1.30. The number of fused-ring (bicyclic) bond motifs is 2. The summed E-state index contributed by atoms with van der Waals surface area (Å²) in [6.07, 6.45) is -0.0305. The van der Waals surface area contributed by atoms with Gasteiger partial charge >= 0.3 is 0 Å². The van der Waals surface area contributed by atoms with E-state index in [4.69, 9.17) is 15.0 Å². The maximum Gasteiger partial charge on any atom is 0.165 e. The summed E-state index contributed by atoms with van der Waals surface area (Å²) in [7, 11) is 1.75. The highest BCUT2D eigenvalue weighted by atomic mass is 16.6. The first kappa shape index (κ1) is 18.0.